The normalized spacial score (nSPS) is 10.9. The van der Waals surface area contributed by atoms with Crippen LogP contribution in [0, 0.1) is 28.4 Å². The van der Waals surface area contributed by atoms with Crippen LogP contribution in [-0.4, -0.2) is 20.8 Å². The van der Waals surface area contributed by atoms with E-state index in [0.717, 1.165) is 12.8 Å². The number of aromatic hydroxyl groups is 1. The molecule has 0 spiro atoms. The van der Waals surface area contributed by atoms with E-state index in [1.807, 2.05) is 13.0 Å². The summed E-state index contributed by atoms with van der Waals surface area (Å²) in [6, 6.07) is 7.50. The van der Waals surface area contributed by atoms with Gasteiger partial charge in [0.05, 0.1) is 16.2 Å². The maximum absolute atomic E-state index is 12.4. The molecule has 2 rings (SSSR count). The third kappa shape index (κ3) is 4.39. The van der Waals surface area contributed by atoms with Crippen LogP contribution in [0.3, 0.4) is 0 Å². The Bertz CT molecular complexity index is 969. The smallest absolute Gasteiger partial charge is 0.271 e. The molecule has 1 heterocycles. The number of nitriles is 1. The van der Waals surface area contributed by atoms with E-state index in [-0.39, 0.29) is 22.7 Å². The summed E-state index contributed by atoms with van der Waals surface area (Å²) in [5, 5.41) is 30.6. The zero-order valence-corrected chi connectivity index (χ0v) is 15.2. The molecule has 0 atom stereocenters. The third-order valence-corrected chi connectivity index (χ3v) is 4.23. The molecule has 0 aliphatic rings. The minimum atomic E-state index is -0.518. The molecule has 2 aromatic rings. The standard InChI is InChI=1S/C19H20N4O4/c1-3-4-5-10-22-18(24)16(11-20)13(2)17(19(22)25)12-21-14-6-8-15(9-7-14)23(26)27/h6-9,12,25H,3-5,10H2,1-2H3. The number of rotatable bonds is 7. The van der Waals surface area contributed by atoms with E-state index in [9.17, 15) is 25.3 Å². The molecular formula is C19H20N4O4. The number of hydrogen-bond acceptors (Lipinski definition) is 6. The number of unbranched alkanes of at least 4 members (excludes halogenated alkanes) is 2. The molecule has 0 fully saturated rings. The summed E-state index contributed by atoms with van der Waals surface area (Å²) < 4.78 is 1.19. The van der Waals surface area contributed by atoms with Crippen LogP contribution in [0.25, 0.3) is 0 Å². The second kappa shape index (κ2) is 8.76. The van der Waals surface area contributed by atoms with Gasteiger partial charge in [0.15, 0.2) is 0 Å². The quantitative estimate of drug-likeness (QED) is 0.346. The van der Waals surface area contributed by atoms with Crippen molar-refractivity contribution in [3.63, 3.8) is 0 Å². The molecule has 8 nitrogen and oxygen atoms in total. The van der Waals surface area contributed by atoms with Gasteiger partial charge in [0, 0.05) is 24.9 Å². The maximum Gasteiger partial charge on any atom is 0.271 e. The number of aliphatic imine (C=N–C) groups is 1. The Hall–Kier alpha value is -3.47. The molecule has 140 valence electrons. The lowest BCUT2D eigenvalue weighted by Crippen LogP contribution is -2.25. The molecule has 1 aromatic heterocycles. The molecule has 1 aromatic carbocycles. The van der Waals surface area contributed by atoms with Crippen molar-refractivity contribution in [1.29, 1.82) is 5.26 Å². The molecule has 0 bridgehead atoms. The van der Waals surface area contributed by atoms with E-state index >= 15 is 0 Å². The highest BCUT2D eigenvalue weighted by molar-refractivity contribution is 5.87. The van der Waals surface area contributed by atoms with Gasteiger partial charge >= 0.3 is 0 Å². The van der Waals surface area contributed by atoms with Crippen molar-refractivity contribution in [1.82, 2.24) is 4.57 Å². The molecule has 0 saturated carbocycles. The molecule has 0 aliphatic heterocycles. The topological polar surface area (TPSA) is 122 Å². The van der Waals surface area contributed by atoms with Crippen molar-refractivity contribution in [2.75, 3.05) is 0 Å². The van der Waals surface area contributed by atoms with E-state index in [1.165, 1.54) is 35.0 Å². The highest BCUT2D eigenvalue weighted by Crippen LogP contribution is 2.23. The highest BCUT2D eigenvalue weighted by Gasteiger charge is 2.17. The van der Waals surface area contributed by atoms with Gasteiger partial charge in [-0.1, -0.05) is 19.8 Å². The minimum absolute atomic E-state index is 0.0329. The molecule has 0 amide bonds. The molecule has 0 unspecified atom stereocenters. The summed E-state index contributed by atoms with van der Waals surface area (Å²) in [5.41, 5.74) is 0.467. The minimum Gasteiger partial charge on any atom is -0.494 e. The van der Waals surface area contributed by atoms with Gasteiger partial charge in [-0.15, -0.1) is 0 Å². The third-order valence-electron chi connectivity index (χ3n) is 4.23. The van der Waals surface area contributed by atoms with Crippen molar-refractivity contribution < 1.29 is 10.0 Å². The molecule has 27 heavy (non-hydrogen) atoms. The molecule has 0 radical (unpaired) electrons. The van der Waals surface area contributed by atoms with Crippen LogP contribution in [0.2, 0.25) is 0 Å². The largest absolute Gasteiger partial charge is 0.494 e. The van der Waals surface area contributed by atoms with Gasteiger partial charge in [-0.3, -0.25) is 24.5 Å². The first-order chi connectivity index (χ1) is 12.9. The van der Waals surface area contributed by atoms with Crippen molar-refractivity contribution in [3.8, 4) is 11.9 Å². The number of nitro groups is 1. The Morgan fingerprint density at radius 2 is 2.00 bits per heavy atom. The van der Waals surface area contributed by atoms with Crippen LogP contribution < -0.4 is 5.56 Å². The SMILES string of the molecule is CCCCCn1c(O)c(C=Nc2ccc([N+](=O)[O-])cc2)c(C)c(C#N)c1=O. The zero-order valence-electron chi connectivity index (χ0n) is 15.2. The van der Waals surface area contributed by atoms with Gasteiger partial charge in [-0.25, -0.2) is 0 Å². The van der Waals surface area contributed by atoms with Crippen molar-refractivity contribution in [3.05, 3.63) is 61.4 Å². The number of benzene rings is 1. The van der Waals surface area contributed by atoms with Gasteiger partial charge in [0.1, 0.15) is 11.6 Å². The van der Waals surface area contributed by atoms with E-state index in [4.69, 9.17) is 0 Å². The molecular weight excluding hydrogens is 348 g/mol. The fourth-order valence-corrected chi connectivity index (χ4v) is 2.65. The summed E-state index contributed by atoms with van der Waals surface area (Å²) in [6.07, 6.45) is 3.92. The Kier molecular flexibility index (Phi) is 6.44. The Labute approximate surface area is 156 Å². The fraction of sp³-hybridized carbons (Fsp3) is 0.316. The maximum atomic E-state index is 12.4. The second-order valence-electron chi connectivity index (χ2n) is 6.04. The van der Waals surface area contributed by atoms with Gasteiger partial charge in [-0.2, -0.15) is 5.26 Å². The fourth-order valence-electron chi connectivity index (χ4n) is 2.65. The van der Waals surface area contributed by atoms with E-state index in [0.29, 0.717) is 24.2 Å². The van der Waals surface area contributed by atoms with Gasteiger partial charge in [0.25, 0.3) is 11.2 Å². The van der Waals surface area contributed by atoms with Crippen LogP contribution in [0.1, 0.15) is 42.9 Å². The molecule has 1 N–H and O–H groups in total. The van der Waals surface area contributed by atoms with Crippen LogP contribution in [0.5, 0.6) is 5.88 Å². The molecule has 0 saturated heterocycles. The number of aromatic nitrogens is 1. The molecule has 8 heteroatoms. The average Bonchev–Trinajstić information content (AvgIpc) is 2.65. The summed E-state index contributed by atoms with van der Waals surface area (Å²) in [4.78, 5) is 26.8. The zero-order chi connectivity index (χ0) is 20.0. The summed E-state index contributed by atoms with van der Waals surface area (Å²) >= 11 is 0. The number of pyridine rings is 1. The van der Waals surface area contributed by atoms with Crippen molar-refractivity contribution in [2.45, 2.75) is 39.7 Å². The summed E-state index contributed by atoms with van der Waals surface area (Å²) in [5.74, 6) is -0.238. The first kappa shape index (κ1) is 19.8. The summed E-state index contributed by atoms with van der Waals surface area (Å²) in [7, 11) is 0. The second-order valence-corrected chi connectivity index (χ2v) is 6.04. The van der Waals surface area contributed by atoms with Crippen molar-refractivity contribution >= 4 is 17.6 Å². The van der Waals surface area contributed by atoms with Crippen LogP contribution in [-0.2, 0) is 6.54 Å². The Balaban J connectivity index is 2.45. The van der Waals surface area contributed by atoms with Crippen molar-refractivity contribution in [2.24, 2.45) is 4.99 Å². The first-order valence-electron chi connectivity index (χ1n) is 8.55. The monoisotopic (exact) mass is 368 g/mol. The van der Waals surface area contributed by atoms with Crippen LogP contribution in [0.4, 0.5) is 11.4 Å². The number of hydrogen-bond donors (Lipinski definition) is 1. The Morgan fingerprint density at radius 1 is 1.33 bits per heavy atom. The van der Waals surface area contributed by atoms with E-state index < -0.39 is 10.5 Å². The van der Waals surface area contributed by atoms with Crippen LogP contribution >= 0.6 is 0 Å². The number of non-ortho nitro benzene ring substituents is 1. The lowest BCUT2D eigenvalue weighted by molar-refractivity contribution is -0.384. The van der Waals surface area contributed by atoms with Gasteiger partial charge < -0.3 is 5.11 Å². The van der Waals surface area contributed by atoms with E-state index in [1.54, 1.807) is 6.92 Å². The van der Waals surface area contributed by atoms with Crippen LogP contribution in [0.15, 0.2) is 34.1 Å². The van der Waals surface area contributed by atoms with E-state index in [2.05, 4.69) is 4.99 Å². The molecule has 0 aliphatic carbocycles. The number of nitro benzene ring substituents is 1. The highest BCUT2D eigenvalue weighted by atomic mass is 16.6. The predicted octanol–water partition coefficient (Wildman–Crippen LogP) is 3.58. The van der Waals surface area contributed by atoms with Gasteiger partial charge in [-0.05, 0) is 31.0 Å². The lowest BCUT2D eigenvalue weighted by Gasteiger charge is -2.13. The van der Waals surface area contributed by atoms with Gasteiger partial charge in [0.2, 0.25) is 5.88 Å². The predicted molar refractivity (Wildman–Crippen MR) is 102 cm³/mol. The summed E-state index contributed by atoms with van der Waals surface area (Å²) in [6.45, 7) is 3.92. The number of nitrogens with zero attached hydrogens (tertiary/aromatic N) is 4. The Morgan fingerprint density at radius 3 is 2.56 bits per heavy atom. The average molecular weight is 368 g/mol. The first-order valence-corrected chi connectivity index (χ1v) is 8.55. The lowest BCUT2D eigenvalue weighted by atomic mass is 10.1.